The van der Waals surface area contributed by atoms with Gasteiger partial charge in [0.1, 0.15) is 0 Å². The van der Waals surface area contributed by atoms with Crippen LogP contribution in [0.25, 0.3) is 0 Å². The van der Waals surface area contributed by atoms with E-state index in [1.54, 1.807) is 13.8 Å². The van der Waals surface area contributed by atoms with Gasteiger partial charge in [-0.05, 0) is 53.4 Å². The Labute approximate surface area is 128 Å². The summed E-state index contributed by atoms with van der Waals surface area (Å²) in [4.78, 5) is 23.7. The van der Waals surface area contributed by atoms with Crippen molar-refractivity contribution in [2.24, 2.45) is 5.92 Å². The second-order valence-electron chi connectivity index (χ2n) is 5.16. The third kappa shape index (κ3) is 9.05. The highest BCUT2D eigenvalue weighted by Crippen LogP contribution is 2.17. The first-order valence-corrected chi connectivity index (χ1v) is 7.55. The largest absolute Gasteiger partial charge is 0.465 e. The lowest BCUT2D eigenvalue weighted by Crippen LogP contribution is -2.28. The van der Waals surface area contributed by atoms with Gasteiger partial charge in [-0.15, -0.1) is 6.58 Å². The minimum absolute atomic E-state index is 0.260. The normalized spacial score (nSPS) is 11.4. The van der Waals surface area contributed by atoms with E-state index in [4.69, 9.17) is 9.47 Å². The van der Waals surface area contributed by atoms with E-state index in [0.29, 0.717) is 6.42 Å². The molecule has 0 heterocycles. The van der Waals surface area contributed by atoms with E-state index in [9.17, 15) is 9.59 Å². The maximum Gasteiger partial charge on any atom is 0.320 e. The number of allylic oxidation sites excluding steroid dienone is 3. The van der Waals surface area contributed by atoms with Crippen molar-refractivity contribution in [3.05, 3.63) is 23.8 Å². The smallest absolute Gasteiger partial charge is 0.320 e. The molecule has 0 fully saturated rings. The molecular formula is C17H28O4. The molecule has 21 heavy (non-hydrogen) atoms. The standard InChI is InChI=1S/C17H28O4/c1-6-20-16(18)15(17(19)21-7-2)12-14(5)11-9-8-10-13(3)4/h11,15H,3,6-10,12H2,1-2,4-5H3/b14-11+. The zero-order valence-corrected chi connectivity index (χ0v) is 13.7. The van der Waals surface area contributed by atoms with Crippen molar-refractivity contribution in [1.29, 1.82) is 0 Å². The summed E-state index contributed by atoms with van der Waals surface area (Å²) in [6.45, 7) is 11.8. The summed E-state index contributed by atoms with van der Waals surface area (Å²) in [5.74, 6) is -1.88. The lowest BCUT2D eigenvalue weighted by Gasteiger charge is -2.14. The number of ether oxygens (including phenoxy) is 2. The molecule has 0 N–H and O–H groups in total. The predicted octanol–water partition coefficient (Wildman–Crippen LogP) is 3.81. The Bertz CT molecular complexity index is 364. The van der Waals surface area contributed by atoms with Gasteiger partial charge in [-0.2, -0.15) is 0 Å². The average Bonchev–Trinajstić information content (AvgIpc) is 2.41. The van der Waals surface area contributed by atoms with Gasteiger partial charge < -0.3 is 9.47 Å². The van der Waals surface area contributed by atoms with Crippen LogP contribution in [0.2, 0.25) is 0 Å². The molecule has 0 aliphatic carbocycles. The second-order valence-corrected chi connectivity index (χ2v) is 5.16. The number of carbonyl (C=O) groups excluding carboxylic acids is 2. The first-order chi connectivity index (χ1) is 9.92. The van der Waals surface area contributed by atoms with Crippen molar-refractivity contribution in [3.8, 4) is 0 Å². The van der Waals surface area contributed by atoms with E-state index in [1.165, 1.54) is 0 Å². The molecule has 0 saturated heterocycles. The van der Waals surface area contributed by atoms with Crippen molar-refractivity contribution in [1.82, 2.24) is 0 Å². The summed E-state index contributed by atoms with van der Waals surface area (Å²) in [6.07, 6.45) is 5.34. The van der Waals surface area contributed by atoms with E-state index >= 15 is 0 Å². The summed E-state index contributed by atoms with van der Waals surface area (Å²) >= 11 is 0. The van der Waals surface area contributed by atoms with Crippen LogP contribution in [-0.4, -0.2) is 25.2 Å². The first kappa shape index (κ1) is 19.4. The fraction of sp³-hybridized carbons (Fsp3) is 0.647. The molecule has 0 bridgehead atoms. The Morgan fingerprint density at radius 1 is 1.10 bits per heavy atom. The summed E-state index contributed by atoms with van der Waals surface area (Å²) in [5.41, 5.74) is 2.17. The predicted molar refractivity (Wildman–Crippen MR) is 83.8 cm³/mol. The third-order valence-electron chi connectivity index (χ3n) is 2.97. The number of hydrogen-bond acceptors (Lipinski definition) is 4. The van der Waals surface area contributed by atoms with Crippen LogP contribution in [0, 0.1) is 5.92 Å². The van der Waals surface area contributed by atoms with E-state index in [2.05, 4.69) is 12.7 Å². The topological polar surface area (TPSA) is 52.6 Å². The summed E-state index contributed by atoms with van der Waals surface area (Å²) < 4.78 is 9.90. The van der Waals surface area contributed by atoms with Gasteiger partial charge in [-0.25, -0.2) is 0 Å². The Morgan fingerprint density at radius 3 is 2.05 bits per heavy atom. The maximum atomic E-state index is 11.9. The highest BCUT2D eigenvalue weighted by molar-refractivity contribution is 5.95. The Kier molecular flexibility index (Phi) is 10.3. The SMILES string of the molecule is C=C(C)CCC/C=C(\C)CC(C(=O)OCC)C(=O)OCC. The minimum atomic E-state index is -0.859. The van der Waals surface area contributed by atoms with E-state index in [-0.39, 0.29) is 13.2 Å². The molecule has 0 atom stereocenters. The van der Waals surface area contributed by atoms with Gasteiger partial charge in [-0.1, -0.05) is 17.2 Å². The fourth-order valence-electron chi connectivity index (χ4n) is 1.91. The van der Waals surface area contributed by atoms with Gasteiger partial charge in [-0.3, -0.25) is 9.59 Å². The molecule has 0 radical (unpaired) electrons. The Morgan fingerprint density at radius 2 is 1.62 bits per heavy atom. The van der Waals surface area contributed by atoms with Crippen LogP contribution in [0.4, 0.5) is 0 Å². The minimum Gasteiger partial charge on any atom is -0.465 e. The summed E-state index contributed by atoms with van der Waals surface area (Å²) in [6, 6.07) is 0. The van der Waals surface area contributed by atoms with Gasteiger partial charge in [0.25, 0.3) is 0 Å². The van der Waals surface area contributed by atoms with Crippen LogP contribution in [0.15, 0.2) is 23.8 Å². The van der Waals surface area contributed by atoms with Crippen molar-refractivity contribution in [2.75, 3.05) is 13.2 Å². The zero-order valence-electron chi connectivity index (χ0n) is 13.7. The molecule has 0 spiro atoms. The average molecular weight is 296 g/mol. The number of unbranched alkanes of at least 4 members (excludes halogenated alkanes) is 1. The molecule has 0 aliphatic rings. The molecule has 0 amide bonds. The fourth-order valence-corrected chi connectivity index (χ4v) is 1.91. The van der Waals surface area contributed by atoms with Crippen molar-refractivity contribution >= 4 is 11.9 Å². The van der Waals surface area contributed by atoms with Gasteiger partial charge in [0.2, 0.25) is 0 Å². The van der Waals surface area contributed by atoms with Crippen LogP contribution in [0.1, 0.15) is 53.4 Å². The van der Waals surface area contributed by atoms with Crippen molar-refractivity contribution in [3.63, 3.8) is 0 Å². The monoisotopic (exact) mass is 296 g/mol. The highest BCUT2D eigenvalue weighted by Gasteiger charge is 2.29. The maximum absolute atomic E-state index is 11.9. The van der Waals surface area contributed by atoms with Gasteiger partial charge in [0.15, 0.2) is 5.92 Å². The molecule has 0 saturated carbocycles. The zero-order chi connectivity index (χ0) is 16.3. The number of hydrogen-bond donors (Lipinski definition) is 0. The molecule has 0 aromatic heterocycles. The van der Waals surface area contributed by atoms with E-state index < -0.39 is 17.9 Å². The number of esters is 2. The molecule has 0 aromatic rings. The molecule has 4 heteroatoms. The van der Waals surface area contributed by atoms with Crippen LogP contribution in [0.3, 0.4) is 0 Å². The highest BCUT2D eigenvalue weighted by atomic mass is 16.6. The third-order valence-corrected chi connectivity index (χ3v) is 2.97. The lowest BCUT2D eigenvalue weighted by molar-refractivity contribution is -0.161. The molecule has 0 aliphatic heterocycles. The van der Waals surface area contributed by atoms with Crippen LogP contribution in [0.5, 0.6) is 0 Å². The molecular weight excluding hydrogens is 268 g/mol. The van der Waals surface area contributed by atoms with Gasteiger partial charge in [0, 0.05) is 0 Å². The second kappa shape index (κ2) is 11.1. The first-order valence-electron chi connectivity index (χ1n) is 7.55. The molecule has 0 rings (SSSR count). The number of carbonyl (C=O) groups is 2. The quantitative estimate of drug-likeness (QED) is 0.266. The molecule has 0 unspecified atom stereocenters. The van der Waals surface area contributed by atoms with Gasteiger partial charge >= 0.3 is 11.9 Å². The van der Waals surface area contributed by atoms with Crippen LogP contribution >= 0.6 is 0 Å². The Balaban J connectivity index is 4.56. The van der Waals surface area contributed by atoms with Crippen LogP contribution in [-0.2, 0) is 19.1 Å². The Hall–Kier alpha value is -1.58. The molecule has 0 aromatic carbocycles. The van der Waals surface area contributed by atoms with Crippen molar-refractivity contribution < 1.29 is 19.1 Å². The van der Waals surface area contributed by atoms with E-state index in [1.807, 2.05) is 13.8 Å². The summed E-state index contributed by atoms with van der Waals surface area (Å²) in [7, 11) is 0. The number of rotatable bonds is 10. The van der Waals surface area contributed by atoms with Crippen LogP contribution < -0.4 is 0 Å². The van der Waals surface area contributed by atoms with E-state index in [0.717, 1.165) is 30.4 Å². The molecule has 4 nitrogen and oxygen atoms in total. The van der Waals surface area contributed by atoms with Gasteiger partial charge in [0.05, 0.1) is 13.2 Å². The molecule has 120 valence electrons. The summed E-state index contributed by atoms with van der Waals surface area (Å²) in [5, 5.41) is 0. The van der Waals surface area contributed by atoms with Crippen molar-refractivity contribution in [2.45, 2.75) is 53.4 Å². The lowest BCUT2D eigenvalue weighted by atomic mass is 9.99.